The van der Waals surface area contributed by atoms with Gasteiger partial charge in [-0.25, -0.2) is 0 Å². The minimum atomic E-state index is 0.107. The molecule has 0 radical (unpaired) electrons. The van der Waals surface area contributed by atoms with E-state index in [1.807, 2.05) is 34.2 Å². The molecule has 0 unspecified atom stereocenters. The van der Waals surface area contributed by atoms with Gasteiger partial charge < -0.3 is 5.73 Å². The quantitative estimate of drug-likeness (QED) is 0.846. The van der Waals surface area contributed by atoms with Crippen LogP contribution in [0.3, 0.4) is 0 Å². The van der Waals surface area contributed by atoms with Gasteiger partial charge in [0.05, 0.1) is 5.69 Å². The third kappa shape index (κ3) is 2.58. The summed E-state index contributed by atoms with van der Waals surface area (Å²) < 4.78 is 1.84. The van der Waals surface area contributed by atoms with Crippen molar-refractivity contribution in [3.8, 4) is 11.3 Å². The highest BCUT2D eigenvalue weighted by Gasteiger charge is 2.08. The van der Waals surface area contributed by atoms with Crippen LogP contribution in [0.1, 0.15) is 19.8 Å². The number of aromatic nitrogens is 1. The summed E-state index contributed by atoms with van der Waals surface area (Å²) in [5.41, 5.74) is 8.48. The van der Waals surface area contributed by atoms with E-state index in [0.29, 0.717) is 0 Å². The molecule has 0 saturated heterocycles. The van der Waals surface area contributed by atoms with E-state index >= 15 is 0 Å². The standard InChI is InChI=1S/C13H16N2OS/c1-2-3-7-15-12(9-17-13(15)16)10-5-4-6-11(14)8-10/h4-6,8-9H,2-3,7,14H2,1H3. The number of benzene rings is 1. The fourth-order valence-electron chi connectivity index (χ4n) is 1.78. The Morgan fingerprint density at radius 1 is 1.41 bits per heavy atom. The van der Waals surface area contributed by atoms with Crippen molar-refractivity contribution in [2.24, 2.45) is 0 Å². The maximum Gasteiger partial charge on any atom is 0.307 e. The van der Waals surface area contributed by atoms with Crippen LogP contribution in [0.4, 0.5) is 5.69 Å². The van der Waals surface area contributed by atoms with Crippen LogP contribution in [0.5, 0.6) is 0 Å². The smallest absolute Gasteiger partial charge is 0.307 e. The molecule has 90 valence electrons. The summed E-state index contributed by atoms with van der Waals surface area (Å²) in [7, 11) is 0. The van der Waals surface area contributed by atoms with Crippen molar-refractivity contribution in [1.29, 1.82) is 0 Å². The number of thiazole rings is 1. The zero-order chi connectivity index (χ0) is 12.3. The second-order valence-electron chi connectivity index (χ2n) is 4.02. The van der Waals surface area contributed by atoms with E-state index < -0.39 is 0 Å². The Balaban J connectivity index is 2.42. The van der Waals surface area contributed by atoms with Gasteiger partial charge in [-0.05, 0) is 18.6 Å². The first-order chi connectivity index (χ1) is 8.22. The molecule has 0 amide bonds. The van der Waals surface area contributed by atoms with Crippen LogP contribution in [-0.2, 0) is 6.54 Å². The number of nitrogens with zero attached hydrogens (tertiary/aromatic N) is 1. The van der Waals surface area contributed by atoms with Crippen LogP contribution in [0.2, 0.25) is 0 Å². The fourth-order valence-corrected chi connectivity index (χ4v) is 2.57. The number of rotatable bonds is 4. The van der Waals surface area contributed by atoms with E-state index in [0.717, 1.165) is 36.3 Å². The Hall–Kier alpha value is -1.55. The molecule has 2 aromatic rings. The van der Waals surface area contributed by atoms with Crippen molar-refractivity contribution < 1.29 is 0 Å². The van der Waals surface area contributed by atoms with Crippen molar-refractivity contribution in [2.75, 3.05) is 5.73 Å². The first kappa shape index (κ1) is 11.9. The Bertz CT molecular complexity index is 557. The molecule has 17 heavy (non-hydrogen) atoms. The topological polar surface area (TPSA) is 48.0 Å². The molecular weight excluding hydrogens is 232 g/mol. The molecule has 2 rings (SSSR count). The molecule has 0 fully saturated rings. The van der Waals surface area contributed by atoms with Crippen LogP contribution in [0.25, 0.3) is 11.3 Å². The van der Waals surface area contributed by atoms with Crippen LogP contribution in [0, 0.1) is 0 Å². The lowest BCUT2D eigenvalue weighted by atomic mass is 10.1. The molecule has 4 heteroatoms. The van der Waals surface area contributed by atoms with Gasteiger partial charge in [-0.15, -0.1) is 0 Å². The Morgan fingerprint density at radius 3 is 2.94 bits per heavy atom. The highest BCUT2D eigenvalue weighted by molar-refractivity contribution is 7.07. The van der Waals surface area contributed by atoms with Crippen molar-refractivity contribution in [1.82, 2.24) is 4.57 Å². The predicted octanol–water partition coefficient (Wildman–Crippen LogP) is 2.96. The van der Waals surface area contributed by atoms with E-state index in [1.54, 1.807) is 0 Å². The lowest BCUT2D eigenvalue weighted by molar-refractivity contribution is 0.629. The van der Waals surface area contributed by atoms with E-state index in [1.165, 1.54) is 11.3 Å². The number of hydrogen-bond acceptors (Lipinski definition) is 3. The number of hydrogen-bond donors (Lipinski definition) is 1. The molecule has 0 aliphatic rings. The molecule has 0 aliphatic heterocycles. The third-order valence-corrected chi connectivity index (χ3v) is 3.46. The monoisotopic (exact) mass is 248 g/mol. The first-order valence-electron chi connectivity index (χ1n) is 5.76. The number of unbranched alkanes of at least 4 members (excludes halogenated alkanes) is 1. The van der Waals surface area contributed by atoms with Gasteiger partial charge in [0, 0.05) is 23.2 Å². The van der Waals surface area contributed by atoms with Gasteiger partial charge >= 0.3 is 4.87 Å². The SMILES string of the molecule is CCCCn1c(-c2cccc(N)c2)csc1=O. The van der Waals surface area contributed by atoms with Crippen molar-refractivity contribution >= 4 is 17.0 Å². The van der Waals surface area contributed by atoms with E-state index in [-0.39, 0.29) is 4.87 Å². The van der Waals surface area contributed by atoms with Crippen LogP contribution in [0.15, 0.2) is 34.4 Å². The number of nitrogen functional groups attached to an aromatic ring is 1. The third-order valence-electron chi connectivity index (χ3n) is 2.70. The van der Waals surface area contributed by atoms with Crippen LogP contribution >= 0.6 is 11.3 Å². The highest BCUT2D eigenvalue weighted by atomic mass is 32.1. The maximum atomic E-state index is 11.8. The lowest BCUT2D eigenvalue weighted by Crippen LogP contribution is -2.14. The molecule has 3 nitrogen and oxygen atoms in total. The van der Waals surface area contributed by atoms with Crippen molar-refractivity contribution in [2.45, 2.75) is 26.3 Å². The van der Waals surface area contributed by atoms with E-state index in [4.69, 9.17) is 5.73 Å². The second kappa shape index (κ2) is 5.19. The van der Waals surface area contributed by atoms with Gasteiger partial charge in [0.1, 0.15) is 0 Å². The summed E-state index contributed by atoms with van der Waals surface area (Å²) in [6, 6.07) is 7.66. The van der Waals surface area contributed by atoms with Gasteiger partial charge in [-0.1, -0.05) is 36.8 Å². The largest absolute Gasteiger partial charge is 0.399 e. The van der Waals surface area contributed by atoms with Crippen molar-refractivity contribution in [3.63, 3.8) is 0 Å². The van der Waals surface area contributed by atoms with E-state index in [2.05, 4.69) is 6.92 Å². The molecule has 0 saturated carbocycles. The molecule has 0 aliphatic carbocycles. The predicted molar refractivity (Wildman–Crippen MR) is 73.3 cm³/mol. The maximum absolute atomic E-state index is 11.8. The Labute approximate surface area is 105 Å². The Kier molecular flexibility index (Phi) is 3.64. The highest BCUT2D eigenvalue weighted by Crippen LogP contribution is 2.22. The summed E-state index contributed by atoms with van der Waals surface area (Å²) in [4.78, 5) is 11.9. The van der Waals surface area contributed by atoms with Crippen LogP contribution < -0.4 is 10.6 Å². The molecule has 0 atom stereocenters. The molecule has 0 bridgehead atoms. The van der Waals surface area contributed by atoms with Crippen LogP contribution in [-0.4, -0.2) is 4.57 Å². The Morgan fingerprint density at radius 2 is 2.24 bits per heavy atom. The summed E-state index contributed by atoms with van der Waals surface area (Å²) in [5.74, 6) is 0. The zero-order valence-electron chi connectivity index (χ0n) is 9.85. The van der Waals surface area contributed by atoms with Gasteiger partial charge in [0.2, 0.25) is 0 Å². The summed E-state index contributed by atoms with van der Waals surface area (Å²) in [5, 5.41) is 1.91. The fraction of sp³-hybridized carbons (Fsp3) is 0.308. The minimum Gasteiger partial charge on any atom is -0.399 e. The van der Waals surface area contributed by atoms with Gasteiger partial charge in [0.15, 0.2) is 0 Å². The lowest BCUT2D eigenvalue weighted by Gasteiger charge is -2.07. The normalized spacial score (nSPS) is 10.6. The number of anilines is 1. The summed E-state index contributed by atoms with van der Waals surface area (Å²) >= 11 is 1.25. The molecule has 0 spiro atoms. The average Bonchev–Trinajstić information content (AvgIpc) is 2.68. The first-order valence-corrected chi connectivity index (χ1v) is 6.64. The van der Waals surface area contributed by atoms with E-state index in [9.17, 15) is 4.79 Å². The van der Waals surface area contributed by atoms with Gasteiger partial charge in [0.25, 0.3) is 0 Å². The molecule has 1 aromatic heterocycles. The molecule has 2 N–H and O–H groups in total. The van der Waals surface area contributed by atoms with Gasteiger partial charge in [-0.3, -0.25) is 9.36 Å². The zero-order valence-corrected chi connectivity index (χ0v) is 10.7. The second-order valence-corrected chi connectivity index (χ2v) is 4.84. The van der Waals surface area contributed by atoms with Crippen molar-refractivity contribution in [3.05, 3.63) is 39.3 Å². The molecular formula is C13H16N2OS. The number of nitrogens with two attached hydrogens (primary N) is 1. The summed E-state index contributed by atoms with van der Waals surface area (Å²) in [6.07, 6.45) is 2.10. The minimum absolute atomic E-state index is 0.107. The molecule has 1 aromatic carbocycles. The van der Waals surface area contributed by atoms with Gasteiger partial charge in [-0.2, -0.15) is 0 Å². The average molecular weight is 248 g/mol. The molecule has 1 heterocycles. The summed E-state index contributed by atoms with van der Waals surface area (Å²) in [6.45, 7) is 2.90.